The van der Waals surface area contributed by atoms with Gasteiger partial charge in [-0.05, 0) is 26.1 Å². The van der Waals surface area contributed by atoms with Crippen LogP contribution >= 0.6 is 0 Å². The van der Waals surface area contributed by atoms with Gasteiger partial charge in [0.05, 0.1) is 0 Å². The Morgan fingerprint density at radius 2 is 2.00 bits per heavy atom. The lowest BCUT2D eigenvalue weighted by Gasteiger charge is -2.16. The number of carbonyl (C=O) groups excluding carboxylic acids is 1. The molecule has 0 fully saturated rings. The normalized spacial score (nSPS) is 10.3. The predicted octanol–water partition coefficient (Wildman–Crippen LogP) is 0.0983. The molecule has 72 valence electrons. The summed E-state index contributed by atoms with van der Waals surface area (Å²) in [5.74, 6) is 4.86. The Labute approximate surface area is 74.1 Å². The van der Waals surface area contributed by atoms with Crippen LogP contribution in [0.3, 0.4) is 0 Å². The van der Waals surface area contributed by atoms with Crippen molar-refractivity contribution in [2.45, 2.75) is 26.7 Å². The number of hydrazine groups is 1. The van der Waals surface area contributed by atoms with Crippen molar-refractivity contribution in [3.63, 3.8) is 0 Å². The Morgan fingerprint density at radius 3 is 2.42 bits per heavy atom. The van der Waals surface area contributed by atoms with E-state index in [1.165, 1.54) is 0 Å². The molecule has 0 radical (unpaired) electrons. The fraction of sp³-hybridized carbons (Fsp3) is 0.875. The smallest absolute Gasteiger partial charge is 0.233 e. The maximum absolute atomic E-state index is 10.7. The van der Waals surface area contributed by atoms with E-state index in [1.807, 2.05) is 0 Å². The topological polar surface area (TPSA) is 58.4 Å². The molecule has 0 rings (SSSR count). The number of carbonyl (C=O) groups is 1. The summed E-state index contributed by atoms with van der Waals surface area (Å²) in [5.41, 5.74) is 2.12. The molecule has 0 aromatic heterocycles. The van der Waals surface area contributed by atoms with Crippen LogP contribution in [-0.4, -0.2) is 30.4 Å². The summed E-state index contributed by atoms with van der Waals surface area (Å²) in [5, 5.41) is 0. The molecule has 0 saturated heterocycles. The molecule has 0 saturated carbocycles. The second kappa shape index (κ2) is 7.06. The van der Waals surface area contributed by atoms with Gasteiger partial charge >= 0.3 is 0 Å². The molecule has 0 aromatic carbocycles. The lowest BCUT2D eigenvalue weighted by molar-refractivity contribution is -0.121. The van der Waals surface area contributed by atoms with Crippen molar-refractivity contribution in [1.29, 1.82) is 0 Å². The van der Waals surface area contributed by atoms with Crippen molar-refractivity contribution in [1.82, 2.24) is 10.3 Å². The van der Waals surface area contributed by atoms with Crippen molar-refractivity contribution in [3.8, 4) is 0 Å². The van der Waals surface area contributed by atoms with Crippen molar-refractivity contribution < 1.29 is 4.79 Å². The molecule has 4 heteroatoms. The Hall–Kier alpha value is -0.610. The van der Waals surface area contributed by atoms with Crippen LogP contribution in [0.5, 0.6) is 0 Å². The Morgan fingerprint density at radius 1 is 1.42 bits per heavy atom. The standard InChI is InChI=1S/C8H19N3O/c1-3-11(4-2)7-5-6-8(12)10-9/h3-7,9H2,1-2H3,(H,10,12). The van der Waals surface area contributed by atoms with Crippen molar-refractivity contribution in [2.75, 3.05) is 19.6 Å². The average molecular weight is 173 g/mol. The molecule has 0 aliphatic carbocycles. The monoisotopic (exact) mass is 173 g/mol. The number of rotatable bonds is 6. The molecule has 0 spiro atoms. The summed E-state index contributed by atoms with van der Waals surface area (Å²) in [6, 6.07) is 0. The number of nitrogens with one attached hydrogen (secondary N) is 1. The molecule has 0 aromatic rings. The number of hydrogen-bond acceptors (Lipinski definition) is 3. The lowest BCUT2D eigenvalue weighted by atomic mass is 10.3. The minimum Gasteiger partial charge on any atom is -0.304 e. The summed E-state index contributed by atoms with van der Waals surface area (Å²) in [4.78, 5) is 13.0. The van der Waals surface area contributed by atoms with E-state index in [-0.39, 0.29) is 5.91 Å². The van der Waals surface area contributed by atoms with Gasteiger partial charge < -0.3 is 4.90 Å². The van der Waals surface area contributed by atoms with Crippen LogP contribution in [0.25, 0.3) is 0 Å². The number of nitrogens with two attached hydrogens (primary N) is 1. The number of nitrogens with zero attached hydrogens (tertiary/aromatic N) is 1. The lowest BCUT2D eigenvalue weighted by Crippen LogP contribution is -2.31. The van der Waals surface area contributed by atoms with Crippen LogP contribution < -0.4 is 11.3 Å². The quantitative estimate of drug-likeness (QED) is 0.340. The largest absolute Gasteiger partial charge is 0.304 e. The van der Waals surface area contributed by atoms with Crippen LogP contribution in [0.2, 0.25) is 0 Å². The van der Waals surface area contributed by atoms with E-state index in [4.69, 9.17) is 5.84 Å². The Balaban J connectivity index is 3.34. The first-order valence-electron chi connectivity index (χ1n) is 4.46. The van der Waals surface area contributed by atoms with E-state index in [1.54, 1.807) is 0 Å². The summed E-state index contributed by atoms with van der Waals surface area (Å²) in [7, 11) is 0. The molecule has 0 atom stereocenters. The third-order valence-corrected chi connectivity index (χ3v) is 1.93. The first-order chi connectivity index (χ1) is 5.74. The molecular formula is C8H19N3O. The van der Waals surface area contributed by atoms with Gasteiger partial charge in [0.1, 0.15) is 0 Å². The van der Waals surface area contributed by atoms with Gasteiger partial charge in [-0.15, -0.1) is 0 Å². The zero-order valence-corrected chi connectivity index (χ0v) is 7.97. The third-order valence-electron chi connectivity index (χ3n) is 1.93. The highest BCUT2D eigenvalue weighted by molar-refractivity contribution is 5.75. The van der Waals surface area contributed by atoms with E-state index in [2.05, 4.69) is 24.2 Å². The van der Waals surface area contributed by atoms with Crippen LogP contribution in [-0.2, 0) is 4.79 Å². The summed E-state index contributed by atoms with van der Waals surface area (Å²) < 4.78 is 0. The average Bonchev–Trinajstić information content (AvgIpc) is 2.12. The molecule has 3 N–H and O–H groups in total. The molecule has 0 aliphatic heterocycles. The third kappa shape index (κ3) is 5.09. The summed E-state index contributed by atoms with van der Waals surface area (Å²) in [6.07, 6.45) is 1.40. The van der Waals surface area contributed by atoms with Gasteiger partial charge in [0, 0.05) is 6.42 Å². The fourth-order valence-electron chi connectivity index (χ4n) is 1.08. The first-order valence-corrected chi connectivity index (χ1v) is 4.46. The van der Waals surface area contributed by atoms with E-state index < -0.39 is 0 Å². The van der Waals surface area contributed by atoms with Crippen molar-refractivity contribution in [2.24, 2.45) is 5.84 Å². The molecular weight excluding hydrogens is 154 g/mol. The zero-order chi connectivity index (χ0) is 9.40. The van der Waals surface area contributed by atoms with E-state index >= 15 is 0 Å². The molecule has 4 nitrogen and oxygen atoms in total. The van der Waals surface area contributed by atoms with Crippen LogP contribution in [0, 0.1) is 0 Å². The van der Waals surface area contributed by atoms with E-state index in [0.717, 1.165) is 26.1 Å². The van der Waals surface area contributed by atoms with Crippen LogP contribution in [0.1, 0.15) is 26.7 Å². The van der Waals surface area contributed by atoms with E-state index in [0.29, 0.717) is 6.42 Å². The molecule has 0 bridgehead atoms. The second-order valence-electron chi connectivity index (χ2n) is 2.70. The molecule has 12 heavy (non-hydrogen) atoms. The van der Waals surface area contributed by atoms with Gasteiger partial charge in [-0.1, -0.05) is 13.8 Å². The highest BCUT2D eigenvalue weighted by Gasteiger charge is 2.01. The van der Waals surface area contributed by atoms with Gasteiger partial charge in [-0.2, -0.15) is 0 Å². The SMILES string of the molecule is CCN(CC)CCCC(=O)NN. The summed E-state index contributed by atoms with van der Waals surface area (Å²) in [6.45, 7) is 7.29. The summed E-state index contributed by atoms with van der Waals surface area (Å²) >= 11 is 0. The maximum atomic E-state index is 10.7. The van der Waals surface area contributed by atoms with Gasteiger partial charge in [-0.25, -0.2) is 5.84 Å². The highest BCUT2D eigenvalue weighted by Crippen LogP contribution is 1.94. The molecule has 0 unspecified atom stereocenters. The highest BCUT2D eigenvalue weighted by atomic mass is 16.2. The van der Waals surface area contributed by atoms with Gasteiger partial charge in [0.25, 0.3) is 0 Å². The zero-order valence-electron chi connectivity index (χ0n) is 7.97. The first kappa shape index (κ1) is 11.4. The van der Waals surface area contributed by atoms with Crippen LogP contribution in [0.4, 0.5) is 0 Å². The molecule has 0 aliphatic rings. The minimum absolute atomic E-state index is 0.0813. The number of amides is 1. The molecule has 0 heterocycles. The van der Waals surface area contributed by atoms with Crippen molar-refractivity contribution in [3.05, 3.63) is 0 Å². The Bertz CT molecular complexity index is 123. The molecule has 1 amide bonds. The van der Waals surface area contributed by atoms with Crippen molar-refractivity contribution >= 4 is 5.91 Å². The van der Waals surface area contributed by atoms with Crippen LogP contribution in [0.15, 0.2) is 0 Å². The fourth-order valence-corrected chi connectivity index (χ4v) is 1.08. The maximum Gasteiger partial charge on any atom is 0.233 e. The van der Waals surface area contributed by atoms with Gasteiger partial charge in [-0.3, -0.25) is 10.2 Å². The van der Waals surface area contributed by atoms with E-state index in [9.17, 15) is 4.79 Å². The minimum atomic E-state index is -0.0813. The van der Waals surface area contributed by atoms with Gasteiger partial charge in [0.2, 0.25) is 5.91 Å². The predicted molar refractivity (Wildman–Crippen MR) is 49.4 cm³/mol. The van der Waals surface area contributed by atoms with Gasteiger partial charge in [0.15, 0.2) is 0 Å². The number of hydrogen-bond donors (Lipinski definition) is 2. The Kier molecular flexibility index (Phi) is 6.70. The second-order valence-corrected chi connectivity index (χ2v) is 2.70.